The lowest BCUT2D eigenvalue weighted by molar-refractivity contribution is 0.174. The highest BCUT2D eigenvalue weighted by Crippen LogP contribution is 2.09. The van der Waals surface area contributed by atoms with Crippen LogP contribution in [-0.2, 0) is 4.74 Å². The number of piperidine rings is 1. The van der Waals surface area contributed by atoms with E-state index in [9.17, 15) is 4.79 Å². The predicted octanol–water partition coefficient (Wildman–Crippen LogP) is 0.949. The molecule has 2 fully saturated rings. The van der Waals surface area contributed by atoms with E-state index in [-0.39, 0.29) is 12.1 Å². The van der Waals surface area contributed by atoms with Gasteiger partial charge in [-0.1, -0.05) is 6.42 Å². The molecule has 5 nitrogen and oxygen atoms in total. The molecule has 0 radical (unpaired) electrons. The Hall–Kier alpha value is -0.810. The molecule has 2 heterocycles. The Bertz CT molecular complexity index is 261. The predicted molar refractivity (Wildman–Crippen MR) is 70.6 cm³/mol. The van der Waals surface area contributed by atoms with Crippen LogP contribution in [0.2, 0.25) is 0 Å². The number of hydrogen-bond donors (Lipinski definition) is 2. The molecule has 104 valence electrons. The van der Waals surface area contributed by atoms with Crippen molar-refractivity contribution in [2.75, 3.05) is 32.8 Å². The fraction of sp³-hybridized carbons (Fsp3) is 0.923. The number of rotatable bonds is 4. The summed E-state index contributed by atoms with van der Waals surface area (Å²) in [4.78, 5) is 14.0. The van der Waals surface area contributed by atoms with E-state index < -0.39 is 0 Å². The number of nitrogens with zero attached hydrogens (tertiary/aromatic N) is 1. The first-order valence-corrected chi connectivity index (χ1v) is 7.16. The summed E-state index contributed by atoms with van der Waals surface area (Å²) in [5, 5.41) is 6.54. The zero-order chi connectivity index (χ0) is 12.8. The normalized spacial score (nSPS) is 28.1. The first kappa shape index (κ1) is 13.6. The monoisotopic (exact) mass is 255 g/mol. The molecule has 0 spiro atoms. The van der Waals surface area contributed by atoms with Crippen LogP contribution in [0, 0.1) is 0 Å². The first-order valence-electron chi connectivity index (χ1n) is 7.16. The molecule has 2 atom stereocenters. The molecule has 5 heteroatoms. The average Bonchev–Trinajstić information content (AvgIpc) is 2.90. The Morgan fingerprint density at radius 2 is 2.33 bits per heavy atom. The third-order valence-corrected chi connectivity index (χ3v) is 3.78. The van der Waals surface area contributed by atoms with Gasteiger partial charge in [-0.3, -0.25) is 0 Å². The van der Waals surface area contributed by atoms with E-state index in [0.717, 1.165) is 32.7 Å². The maximum atomic E-state index is 12.1. The minimum atomic E-state index is 0.0559. The summed E-state index contributed by atoms with van der Waals surface area (Å²) in [6, 6.07) is 0.718. The van der Waals surface area contributed by atoms with E-state index in [2.05, 4.69) is 10.6 Å². The van der Waals surface area contributed by atoms with Crippen LogP contribution in [0.5, 0.6) is 0 Å². The van der Waals surface area contributed by atoms with E-state index in [1.54, 1.807) is 0 Å². The van der Waals surface area contributed by atoms with Gasteiger partial charge >= 0.3 is 6.03 Å². The average molecular weight is 255 g/mol. The summed E-state index contributed by atoms with van der Waals surface area (Å²) in [7, 11) is 0. The zero-order valence-electron chi connectivity index (χ0n) is 11.3. The second kappa shape index (κ2) is 6.95. The van der Waals surface area contributed by atoms with Crippen LogP contribution in [-0.4, -0.2) is 55.9 Å². The summed E-state index contributed by atoms with van der Waals surface area (Å²) >= 11 is 0. The highest BCUT2D eigenvalue weighted by atomic mass is 16.5. The van der Waals surface area contributed by atoms with Crippen molar-refractivity contribution >= 4 is 6.03 Å². The largest absolute Gasteiger partial charge is 0.379 e. The van der Waals surface area contributed by atoms with Crippen molar-refractivity contribution in [3.8, 4) is 0 Å². The molecule has 2 aliphatic heterocycles. The van der Waals surface area contributed by atoms with Gasteiger partial charge in [0.1, 0.15) is 0 Å². The van der Waals surface area contributed by atoms with Crippen LogP contribution in [0.3, 0.4) is 0 Å². The van der Waals surface area contributed by atoms with Crippen molar-refractivity contribution in [2.24, 2.45) is 0 Å². The quantitative estimate of drug-likeness (QED) is 0.786. The Kier molecular flexibility index (Phi) is 5.26. The molecule has 0 aromatic carbocycles. The number of urea groups is 1. The van der Waals surface area contributed by atoms with Gasteiger partial charge in [-0.2, -0.15) is 0 Å². The maximum Gasteiger partial charge on any atom is 0.317 e. The van der Waals surface area contributed by atoms with Crippen LogP contribution in [0.25, 0.3) is 0 Å². The topological polar surface area (TPSA) is 53.6 Å². The third kappa shape index (κ3) is 3.85. The molecule has 2 amide bonds. The number of ether oxygens (including phenoxy) is 1. The molecule has 2 rings (SSSR count). The van der Waals surface area contributed by atoms with Crippen molar-refractivity contribution in [1.82, 2.24) is 15.5 Å². The van der Waals surface area contributed by atoms with E-state index in [0.29, 0.717) is 12.6 Å². The zero-order valence-corrected chi connectivity index (χ0v) is 11.3. The molecule has 0 aromatic heterocycles. The lowest BCUT2D eigenvalue weighted by atomic mass is 10.0. The van der Waals surface area contributed by atoms with Gasteiger partial charge < -0.3 is 20.3 Å². The minimum Gasteiger partial charge on any atom is -0.379 e. The fourth-order valence-corrected chi connectivity index (χ4v) is 2.62. The van der Waals surface area contributed by atoms with E-state index >= 15 is 0 Å². The molecule has 0 aromatic rings. The molecule has 2 unspecified atom stereocenters. The van der Waals surface area contributed by atoms with Gasteiger partial charge in [0.15, 0.2) is 0 Å². The molecular formula is C13H25N3O2. The molecule has 0 aliphatic carbocycles. The fourth-order valence-electron chi connectivity index (χ4n) is 2.62. The van der Waals surface area contributed by atoms with Crippen molar-refractivity contribution in [3.63, 3.8) is 0 Å². The molecular weight excluding hydrogens is 230 g/mol. The van der Waals surface area contributed by atoms with Crippen LogP contribution in [0.4, 0.5) is 4.79 Å². The molecule has 2 aliphatic rings. The number of hydrogen-bond acceptors (Lipinski definition) is 3. The standard InChI is InChI=1S/C13H25N3O2/c1-2-16(9-11-5-3-4-7-14-11)13(17)15-12-6-8-18-10-12/h11-12,14H,2-10H2,1H3,(H,15,17). The Morgan fingerprint density at radius 1 is 1.44 bits per heavy atom. The lowest BCUT2D eigenvalue weighted by Gasteiger charge is -2.30. The maximum absolute atomic E-state index is 12.1. The van der Waals surface area contributed by atoms with E-state index in [1.165, 1.54) is 19.3 Å². The third-order valence-electron chi connectivity index (χ3n) is 3.78. The summed E-state index contributed by atoms with van der Waals surface area (Å²) in [6.07, 6.45) is 4.64. The van der Waals surface area contributed by atoms with E-state index in [4.69, 9.17) is 4.74 Å². The van der Waals surface area contributed by atoms with Crippen molar-refractivity contribution in [2.45, 2.75) is 44.7 Å². The molecule has 2 N–H and O–H groups in total. The van der Waals surface area contributed by atoms with Crippen molar-refractivity contribution in [1.29, 1.82) is 0 Å². The number of carbonyl (C=O) groups excluding carboxylic acids is 1. The second-order valence-corrected chi connectivity index (χ2v) is 5.20. The molecule has 2 saturated heterocycles. The molecule has 0 saturated carbocycles. The van der Waals surface area contributed by atoms with Gasteiger partial charge in [-0.05, 0) is 32.7 Å². The van der Waals surface area contributed by atoms with Gasteiger partial charge in [0.25, 0.3) is 0 Å². The number of nitrogens with one attached hydrogen (secondary N) is 2. The van der Waals surface area contributed by atoms with Crippen LogP contribution >= 0.6 is 0 Å². The van der Waals surface area contributed by atoms with Gasteiger partial charge in [-0.25, -0.2) is 4.79 Å². The van der Waals surface area contributed by atoms with Crippen molar-refractivity contribution in [3.05, 3.63) is 0 Å². The second-order valence-electron chi connectivity index (χ2n) is 5.20. The first-order chi connectivity index (χ1) is 8.79. The van der Waals surface area contributed by atoms with Gasteiger partial charge in [0.05, 0.1) is 12.6 Å². The van der Waals surface area contributed by atoms with Gasteiger partial charge in [0.2, 0.25) is 0 Å². The summed E-state index contributed by atoms with van der Waals surface area (Å²) in [5.74, 6) is 0. The SMILES string of the molecule is CCN(CC1CCCCN1)C(=O)NC1CCOC1. The highest BCUT2D eigenvalue weighted by molar-refractivity contribution is 5.74. The minimum absolute atomic E-state index is 0.0559. The smallest absolute Gasteiger partial charge is 0.317 e. The highest BCUT2D eigenvalue weighted by Gasteiger charge is 2.23. The van der Waals surface area contributed by atoms with Crippen LogP contribution in [0.1, 0.15) is 32.6 Å². The van der Waals surface area contributed by atoms with Crippen LogP contribution < -0.4 is 10.6 Å². The van der Waals surface area contributed by atoms with Crippen molar-refractivity contribution < 1.29 is 9.53 Å². The molecule has 18 heavy (non-hydrogen) atoms. The van der Waals surface area contributed by atoms with Crippen LogP contribution in [0.15, 0.2) is 0 Å². The Balaban J connectivity index is 1.76. The van der Waals surface area contributed by atoms with Gasteiger partial charge in [-0.15, -0.1) is 0 Å². The molecule has 0 bridgehead atoms. The Morgan fingerprint density at radius 3 is 2.94 bits per heavy atom. The number of likely N-dealkylation sites (N-methyl/N-ethyl adjacent to an activating group) is 1. The van der Waals surface area contributed by atoms with Gasteiger partial charge in [0, 0.05) is 25.7 Å². The number of amides is 2. The van der Waals surface area contributed by atoms with E-state index in [1.807, 2.05) is 11.8 Å². The summed E-state index contributed by atoms with van der Waals surface area (Å²) in [5.41, 5.74) is 0. The Labute approximate surface area is 109 Å². The summed E-state index contributed by atoms with van der Waals surface area (Å²) < 4.78 is 5.28. The number of carbonyl (C=O) groups is 1. The lowest BCUT2D eigenvalue weighted by Crippen LogP contribution is -2.50. The summed E-state index contributed by atoms with van der Waals surface area (Å²) in [6.45, 7) is 6.12.